The Morgan fingerprint density at radius 3 is 2.86 bits per heavy atom. The van der Waals surface area contributed by atoms with Gasteiger partial charge in [-0.15, -0.1) is 0 Å². The van der Waals surface area contributed by atoms with Crippen LogP contribution in [-0.2, 0) is 0 Å². The molecular formula is C11H11BrO2. The zero-order valence-corrected chi connectivity index (χ0v) is 9.20. The fourth-order valence-corrected chi connectivity index (χ4v) is 1.38. The Morgan fingerprint density at radius 2 is 2.21 bits per heavy atom. The van der Waals surface area contributed by atoms with Crippen LogP contribution in [0, 0.1) is 0 Å². The highest BCUT2D eigenvalue weighted by atomic mass is 79.9. The number of phenols is 1. The monoisotopic (exact) mass is 254 g/mol. The van der Waals surface area contributed by atoms with Crippen LogP contribution in [0.15, 0.2) is 24.3 Å². The molecule has 1 rings (SSSR count). The van der Waals surface area contributed by atoms with E-state index in [0.717, 1.165) is 17.3 Å². The molecule has 3 heteroatoms. The Balaban J connectivity index is 2.96. The van der Waals surface area contributed by atoms with Gasteiger partial charge in [0.15, 0.2) is 6.29 Å². The third kappa shape index (κ3) is 2.70. The number of benzene rings is 1. The predicted octanol–water partition coefficient (Wildman–Crippen LogP) is 3.00. The molecule has 1 N–H and O–H groups in total. The van der Waals surface area contributed by atoms with Gasteiger partial charge in [0.25, 0.3) is 0 Å². The SMILES string of the molecule is O=Cc1c(O)cccc1C=CCCBr. The second-order valence-electron chi connectivity index (χ2n) is 2.78. The van der Waals surface area contributed by atoms with Crippen molar-refractivity contribution in [3.8, 4) is 5.75 Å². The molecule has 0 saturated heterocycles. The first kappa shape index (κ1) is 11.0. The number of hydrogen-bond donors (Lipinski definition) is 1. The molecule has 0 amide bonds. The van der Waals surface area contributed by atoms with Gasteiger partial charge in [-0.3, -0.25) is 4.79 Å². The molecule has 0 aromatic heterocycles. The Hall–Kier alpha value is -1.09. The molecule has 2 nitrogen and oxygen atoms in total. The molecule has 0 fully saturated rings. The average Bonchev–Trinajstić information content (AvgIpc) is 2.18. The fraction of sp³-hybridized carbons (Fsp3) is 0.182. The number of hydrogen-bond acceptors (Lipinski definition) is 2. The van der Waals surface area contributed by atoms with Gasteiger partial charge in [-0.25, -0.2) is 0 Å². The summed E-state index contributed by atoms with van der Waals surface area (Å²) in [4.78, 5) is 10.7. The first-order valence-corrected chi connectivity index (χ1v) is 5.41. The van der Waals surface area contributed by atoms with Crippen LogP contribution in [0.2, 0.25) is 0 Å². The van der Waals surface area contributed by atoms with E-state index >= 15 is 0 Å². The van der Waals surface area contributed by atoms with Crippen LogP contribution in [0.25, 0.3) is 6.08 Å². The first-order chi connectivity index (χ1) is 6.79. The minimum atomic E-state index is 0.0287. The van der Waals surface area contributed by atoms with E-state index in [9.17, 15) is 9.90 Å². The molecule has 0 aliphatic heterocycles. The van der Waals surface area contributed by atoms with Crippen molar-refractivity contribution in [2.24, 2.45) is 0 Å². The van der Waals surface area contributed by atoms with E-state index in [4.69, 9.17) is 0 Å². The van der Waals surface area contributed by atoms with Crippen molar-refractivity contribution in [3.63, 3.8) is 0 Å². The van der Waals surface area contributed by atoms with Crippen molar-refractivity contribution >= 4 is 28.3 Å². The van der Waals surface area contributed by atoms with Crippen LogP contribution in [0.4, 0.5) is 0 Å². The molecule has 14 heavy (non-hydrogen) atoms. The summed E-state index contributed by atoms with van der Waals surface area (Å²) in [5.41, 5.74) is 1.10. The third-order valence-corrected chi connectivity index (χ3v) is 2.27. The molecule has 0 heterocycles. The maximum absolute atomic E-state index is 10.7. The number of allylic oxidation sites excluding steroid dienone is 1. The molecule has 0 aliphatic rings. The van der Waals surface area contributed by atoms with Crippen LogP contribution in [0.1, 0.15) is 22.3 Å². The Labute approximate surface area is 91.4 Å². The van der Waals surface area contributed by atoms with Gasteiger partial charge in [-0.2, -0.15) is 0 Å². The number of aromatic hydroxyl groups is 1. The van der Waals surface area contributed by atoms with E-state index in [2.05, 4.69) is 15.9 Å². The minimum absolute atomic E-state index is 0.0287. The summed E-state index contributed by atoms with van der Waals surface area (Å²) < 4.78 is 0. The quantitative estimate of drug-likeness (QED) is 0.663. The normalized spacial score (nSPS) is 10.6. The van der Waals surface area contributed by atoms with E-state index < -0.39 is 0 Å². The lowest BCUT2D eigenvalue weighted by Crippen LogP contribution is -1.86. The maximum Gasteiger partial charge on any atom is 0.154 e. The molecule has 0 radical (unpaired) electrons. The van der Waals surface area contributed by atoms with Crippen LogP contribution in [0.5, 0.6) is 5.75 Å². The van der Waals surface area contributed by atoms with Crippen molar-refractivity contribution in [1.82, 2.24) is 0 Å². The number of alkyl halides is 1. The molecule has 74 valence electrons. The molecule has 1 aromatic carbocycles. The van der Waals surface area contributed by atoms with Gasteiger partial charge in [-0.05, 0) is 18.1 Å². The van der Waals surface area contributed by atoms with Gasteiger partial charge in [0.2, 0.25) is 0 Å². The Bertz CT molecular complexity index is 345. The summed E-state index contributed by atoms with van der Waals surface area (Å²) in [6, 6.07) is 5.02. The van der Waals surface area contributed by atoms with Crippen molar-refractivity contribution in [2.45, 2.75) is 6.42 Å². The van der Waals surface area contributed by atoms with Crippen LogP contribution in [-0.4, -0.2) is 16.7 Å². The molecule has 0 saturated carbocycles. The van der Waals surface area contributed by atoms with Crippen LogP contribution >= 0.6 is 15.9 Å². The number of carbonyl (C=O) groups excluding carboxylic acids is 1. The highest BCUT2D eigenvalue weighted by Gasteiger charge is 2.02. The van der Waals surface area contributed by atoms with E-state index in [0.29, 0.717) is 11.8 Å². The summed E-state index contributed by atoms with van der Waals surface area (Å²) >= 11 is 3.30. The minimum Gasteiger partial charge on any atom is -0.507 e. The molecule has 0 aliphatic carbocycles. The molecule has 0 unspecified atom stereocenters. The molecule has 1 aromatic rings. The highest BCUT2D eigenvalue weighted by molar-refractivity contribution is 9.09. The zero-order chi connectivity index (χ0) is 10.4. The zero-order valence-electron chi connectivity index (χ0n) is 7.61. The van der Waals surface area contributed by atoms with Gasteiger partial charge in [0.1, 0.15) is 5.75 Å². The topological polar surface area (TPSA) is 37.3 Å². The fourth-order valence-electron chi connectivity index (χ4n) is 1.12. The van der Waals surface area contributed by atoms with Gasteiger partial charge in [0.05, 0.1) is 5.56 Å². The summed E-state index contributed by atoms with van der Waals surface area (Å²) in [5.74, 6) is 0.0287. The van der Waals surface area contributed by atoms with Crippen LogP contribution < -0.4 is 0 Å². The standard InChI is InChI=1S/C11H11BrO2/c12-7-2-1-4-9-5-3-6-11(14)10(9)8-13/h1,3-6,8,14H,2,7H2. The highest BCUT2D eigenvalue weighted by Crippen LogP contribution is 2.20. The molecule has 0 spiro atoms. The summed E-state index contributed by atoms with van der Waals surface area (Å²) in [6.45, 7) is 0. The van der Waals surface area contributed by atoms with E-state index in [1.54, 1.807) is 12.1 Å². The average molecular weight is 255 g/mol. The van der Waals surface area contributed by atoms with Gasteiger partial charge in [-0.1, -0.05) is 40.2 Å². The molecule has 0 bridgehead atoms. The Morgan fingerprint density at radius 1 is 1.43 bits per heavy atom. The van der Waals surface area contributed by atoms with Gasteiger partial charge >= 0.3 is 0 Å². The van der Waals surface area contributed by atoms with Gasteiger partial charge in [0, 0.05) is 5.33 Å². The molecular weight excluding hydrogens is 244 g/mol. The van der Waals surface area contributed by atoms with E-state index in [1.165, 1.54) is 6.07 Å². The van der Waals surface area contributed by atoms with Crippen molar-refractivity contribution in [3.05, 3.63) is 35.4 Å². The molecule has 0 atom stereocenters. The number of phenolic OH excluding ortho intramolecular Hbond substituents is 1. The van der Waals surface area contributed by atoms with Crippen molar-refractivity contribution < 1.29 is 9.90 Å². The van der Waals surface area contributed by atoms with E-state index in [-0.39, 0.29) is 5.75 Å². The predicted molar refractivity (Wildman–Crippen MR) is 60.9 cm³/mol. The van der Waals surface area contributed by atoms with Crippen molar-refractivity contribution in [2.75, 3.05) is 5.33 Å². The number of halogens is 1. The van der Waals surface area contributed by atoms with Crippen LogP contribution in [0.3, 0.4) is 0 Å². The third-order valence-electron chi connectivity index (χ3n) is 1.81. The number of rotatable bonds is 4. The van der Waals surface area contributed by atoms with Gasteiger partial charge < -0.3 is 5.11 Å². The summed E-state index contributed by atoms with van der Waals surface area (Å²) in [5, 5.41) is 10.3. The van der Waals surface area contributed by atoms with E-state index in [1.807, 2.05) is 12.2 Å². The lowest BCUT2D eigenvalue weighted by atomic mass is 10.1. The smallest absolute Gasteiger partial charge is 0.154 e. The van der Waals surface area contributed by atoms with Crippen molar-refractivity contribution in [1.29, 1.82) is 0 Å². The second-order valence-corrected chi connectivity index (χ2v) is 3.57. The second kappa shape index (κ2) is 5.60. The number of aldehydes is 1. The maximum atomic E-state index is 10.7. The lowest BCUT2D eigenvalue weighted by molar-refractivity contribution is 0.112. The first-order valence-electron chi connectivity index (χ1n) is 4.29. The summed E-state index contributed by atoms with van der Waals surface area (Å²) in [6.07, 6.45) is 5.36. The largest absolute Gasteiger partial charge is 0.507 e. The lowest BCUT2D eigenvalue weighted by Gasteiger charge is -2.00. The summed E-state index contributed by atoms with van der Waals surface area (Å²) in [7, 11) is 0. The number of carbonyl (C=O) groups is 1. The Kier molecular flexibility index (Phi) is 4.40.